The second-order valence-electron chi connectivity index (χ2n) is 8.54. The fraction of sp³-hybridized carbons (Fsp3) is 0.214. The molecule has 11 heteroatoms. The fourth-order valence-corrected chi connectivity index (χ4v) is 5.71. The highest BCUT2D eigenvalue weighted by molar-refractivity contribution is 7.98. The molecular formula is C28H27N5O4S2. The molecule has 0 unspecified atom stereocenters. The molecule has 2 aromatic carbocycles. The normalized spacial score (nSPS) is 10.9. The maximum Gasteiger partial charge on any atom is 0.273 e. The number of hydrogen-bond acceptors (Lipinski definition) is 9. The first-order chi connectivity index (χ1) is 19.1. The van der Waals surface area contributed by atoms with Gasteiger partial charge in [0.1, 0.15) is 10.7 Å². The molecule has 0 saturated carbocycles. The summed E-state index contributed by atoms with van der Waals surface area (Å²) in [4.78, 5) is 19.3. The third-order valence-corrected chi connectivity index (χ3v) is 7.99. The van der Waals surface area contributed by atoms with Crippen molar-refractivity contribution in [3.8, 4) is 28.8 Å². The lowest BCUT2D eigenvalue weighted by Crippen LogP contribution is -2.29. The molecule has 0 N–H and O–H groups in total. The van der Waals surface area contributed by atoms with Gasteiger partial charge in [-0.15, -0.1) is 21.5 Å². The number of likely N-dealkylation sites (N-methyl/N-ethyl adjacent to an activating group) is 1. The highest BCUT2D eigenvalue weighted by Gasteiger charge is 2.20. The van der Waals surface area contributed by atoms with E-state index >= 15 is 0 Å². The summed E-state index contributed by atoms with van der Waals surface area (Å²) < 4.78 is 18.2. The van der Waals surface area contributed by atoms with E-state index in [-0.39, 0.29) is 5.91 Å². The van der Waals surface area contributed by atoms with Gasteiger partial charge in [-0.2, -0.15) is 0 Å². The Bertz CT molecular complexity index is 1530. The molecule has 0 radical (unpaired) electrons. The van der Waals surface area contributed by atoms with Gasteiger partial charge < -0.3 is 18.8 Å². The van der Waals surface area contributed by atoms with E-state index in [9.17, 15) is 4.79 Å². The van der Waals surface area contributed by atoms with Crippen LogP contribution in [0.2, 0.25) is 0 Å². The summed E-state index contributed by atoms with van der Waals surface area (Å²) >= 11 is 2.97. The van der Waals surface area contributed by atoms with E-state index in [4.69, 9.17) is 13.9 Å². The second kappa shape index (κ2) is 12.2. The minimum Gasteiger partial charge on any atom is -0.493 e. The number of benzene rings is 2. The summed E-state index contributed by atoms with van der Waals surface area (Å²) in [5.41, 5.74) is 2.42. The SMILES string of the molecule is COc1ccc(CCN(C)C(=O)c2csc(CSc3nnc(-c4ccco4)n3-c3ccccc3)n2)cc1OC. The summed E-state index contributed by atoms with van der Waals surface area (Å²) in [6, 6.07) is 19.4. The Morgan fingerprint density at radius 3 is 2.62 bits per heavy atom. The number of carbonyl (C=O) groups excluding carboxylic acids is 1. The van der Waals surface area contributed by atoms with Crippen LogP contribution in [-0.4, -0.2) is 58.4 Å². The van der Waals surface area contributed by atoms with Crippen LogP contribution in [0.25, 0.3) is 17.3 Å². The van der Waals surface area contributed by atoms with Gasteiger partial charge in [-0.3, -0.25) is 9.36 Å². The van der Waals surface area contributed by atoms with Crippen LogP contribution in [0.1, 0.15) is 21.1 Å². The number of amides is 1. The number of para-hydroxylation sites is 1. The Hall–Kier alpha value is -4.09. The van der Waals surface area contributed by atoms with Crippen molar-refractivity contribution in [3.63, 3.8) is 0 Å². The molecule has 9 nitrogen and oxygen atoms in total. The Morgan fingerprint density at radius 2 is 1.87 bits per heavy atom. The molecule has 5 rings (SSSR count). The zero-order valence-electron chi connectivity index (χ0n) is 21.7. The van der Waals surface area contributed by atoms with Gasteiger partial charge in [0.25, 0.3) is 5.91 Å². The van der Waals surface area contributed by atoms with Gasteiger partial charge in [0, 0.05) is 24.7 Å². The number of carbonyl (C=O) groups is 1. The number of aromatic nitrogens is 4. The van der Waals surface area contributed by atoms with Crippen LogP contribution in [0.4, 0.5) is 0 Å². The van der Waals surface area contributed by atoms with Crippen molar-refractivity contribution in [1.29, 1.82) is 0 Å². The maximum absolute atomic E-state index is 13.0. The smallest absolute Gasteiger partial charge is 0.273 e. The molecule has 1 amide bonds. The number of thioether (sulfide) groups is 1. The van der Waals surface area contributed by atoms with Crippen molar-refractivity contribution in [2.75, 3.05) is 27.8 Å². The van der Waals surface area contributed by atoms with Crippen molar-refractivity contribution < 1.29 is 18.7 Å². The highest BCUT2D eigenvalue weighted by atomic mass is 32.2. The molecule has 0 aliphatic carbocycles. The van der Waals surface area contributed by atoms with Gasteiger partial charge in [0.05, 0.1) is 26.2 Å². The van der Waals surface area contributed by atoms with Crippen molar-refractivity contribution in [2.45, 2.75) is 17.3 Å². The topological polar surface area (TPSA) is 95.5 Å². The summed E-state index contributed by atoms with van der Waals surface area (Å²) in [6.45, 7) is 0.547. The Kier molecular flexibility index (Phi) is 8.28. The molecule has 0 spiro atoms. The largest absolute Gasteiger partial charge is 0.493 e. The predicted molar refractivity (Wildman–Crippen MR) is 151 cm³/mol. The zero-order valence-corrected chi connectivity index (χ0v) is 23.4. The summed E-state index contributed by atoms with van der Waals surface area (Å²) in [5.74, 6) is 3.05. The molecular weight excluding hydrogens is 534 g/mol. The lowest BCUT2D eigenvalue weighted by atomic mass is 10.1. The Morgan fingerprint density at radius 1 is 1.05 bits per heavy atom. The van der Waals surface area contributed by atoms with Crippen LogP contribution < -0.4 is 9.47 Å². The Labute approximate surface area is 234 Å². The summed E-state index contributed by atoms with van der Waals surface area (Å²) in [5, 5.41) is 12.1. The van der Waals surface area contributed by atoms with E-state index in [1.807, 2.05) is 65.2 Å². The third-order valence-electron chi connectivity index (χ3n) is 6.02. The van der Waals surface area contributed by atoms with Crippen molar-refractivity contribution in [3.05, 3.63) is 88.6 Å². The molecule has 5 aromatic rings. The van der Waals surface area contributed by atoms with Crippen LogP contribution in [0.3, 0.4) is 0 Å². The number of hydrogen-bond donors (Lipinski definition) is 0. The van der Waals surface area contributed by atoms with Crippen LogP contribution in [0.5, 0.6) is 11.5 Å². The van der Waals surface area contributed by atoms with Gasteiger partial charge >= 0.3 is 0 Å². The van der Waals surface area contributed by atoms with Crippen LogP contribution >= 0.6 is 23.1 Å². The molecule has 0 bridgehead atoms. The van der Waals surface area contributed by atoms with Gasteiger partial charge in [0.15, 0.2) is 22.4 Å². The molecule has 0 saturated heterocycles. The number of rotatable bonds is 11. The zero-order chi connectivity index (χ0) is 27.2. The molecule has 0 aliphatic heterocycles. The average molecular weight is 562 g/mol. The van der Waals surface area contributed by atoms with E-state index in [0.717, 1.165) is 16.3 Å². The standard InChI is InChI=1S/C28H27N5O4S2/c1-32(14-13-19-11-12-22(35-2)24(16-19)36-3)27(34)21-17-38-25(29-21)18-39-28-31-30-26(23-10-7-15-37-23)33(28)20-8-5-4-6-9-20/h4-12,15-17H,13-14,18H2,1-3H3. The molecule has 200 valence electrons. The van der Waals surface area contributed by atoms with Gasteiger partial charge in [-0.05, 0) is 48.4 Å². The predicted octanol–water partition coefficient (Wildman–Crippen LogP) is 5.61. The number of furan rings is 1. The highest BCUT2D eigenvalue weighted by Crippen LogP contribution is 2.31. The van der Waals surface area contributed by atoms with Gasteiger partial charge in [-0.25, -0.2) is 4.98 Å². The van der Waals surface area contributed by atoms with E-state index in [1.54, 1.807) is 37.8 Å². The molecule has 0 atom stereocenters. The van der Waals surface area contributed by atoms with Crippen molar-refractivity contribution in [2.24, 2.45) is 0 Å². The van der Waals surface area contributed by atoms with Gasteiger partial charge in [-0.1, -0.05) is 36.0 Å². The molecule has 0 aliphatic rings. The fourth-order valence-electron chi connectivity index (χ4n) is 3.97. The lowest BCUT2D eigenvalue weighted by Gasteiger charge is -2.16. The second-order valence-corrected chi connectivity index (χ2v) is 10.4. The minimum atomic E-state index is -0.115. The van der Waals surface area contributed by atoms with Crippen LogP contribution in [0.15, 0.2) is 81.9 Å². The van der Waals surface area contributed by atoms with Crippen molar-refractivity contribution >= 4 is 29.0 Å². The number of thiazole rings is 1. The lowest BCUT2D eigenvalue weighted by molar-refractivity contribution is 0.0791. The van der Waals surface area contributed by atoms with Crippen LogP contribution in [-0.2, 0) is 12.2 Å². The minimum absolute atomic E-state index is 0.115. The average Bonchev–Trinajstić information content (AvgIpc) is 3.75. The number of nitrogens with zero attached hydrogens (tertiary/aromatic N) is 5. The monoisotopic (exact) mass is 561 g/mol. The summed E-state index contributed by atoms with van der Waals surface area (Å²) in [7, 11) is 5.01. The number of ether oxygens (including phenoxy) is 2. The van der Waals surface area contributed by atoms with Crippen LogP contribution in [0, 0.1) is 0 Å². The van der Waals surface area contributed by atoms with E-state index in [0.29, 0.717) is 52.7 Å². The maximum atomic E-state index is 13.0. The van der Waals surface area contributed by atoms with E-state index < -0.39 is 0 Å². The summed E-state index contributed by atoms with van der Waals surface area (Å²) in [6.07, 6.45) is 2.30. The quantitative estimate of drug-likeness (QED) is 0.192. The molecule has 3 aromatic heterocycles. The van der Waals surface area contributed by atoms with Crippen molar-refractivity contribution in [1.82, 2.24) is 24.6 Å². The molecule has 39 heavy (non-hydrogen) atoms. The number of methoxy groups -OCH3 is 2. The third kappa shape index (κ3) is 5.99. The van der Waals surface area contributed by atoms with E-state index in [2.05, 4.69) is 15.2 Å². The van der Waals surface area contributed by atoms with Gasteiger partial charge in [0.2, 0.25) is 5.82 Å². The first kappa shape index (κ1) is 26.5. The molecule has 0 fully saturated rings. The first-order valence-corrected chi connectivity index (χ1v) is 14.0. The Balaban J connectivity index is 1.24. The molecule has 3 heterocycles. The first-order valence-electron chi connectivity index (χ1n) is 12.2. The van der Waals surface area contributed by atoms with E-state index in [1.165, 1.54) is 23.1 Å².